The van der Waals surface area contributed by atoms with E-state index >= 15 is 0 Å². The number of hydrogen-bond acceptors (Lipinski definition) is 5. The summed E-state index contributed by atoms with van der Waals surface area (Å²) in [6.45, 7) is 3.21. The van der Waals surface area contributed by atoms with Gasteiger partial charge in [-0.2, -0.15) is 11.8 Å². The molecular weight excluding hydrogens is 276 g/mol. The monoisotopic (exact) mass is 298 g/mol. The summed E-state index contributed by atoms with van der Waals surface area (Å²) in [6.07, 6.45) is 3.10. The fourth-order valence-electron chi connectivity index (χ4n) is 2.40. The lowest BCUT2D eigenvalue weighted by Gasteiger charge is -2.22. The highest BCUT2D eigenvalue weighted by atomic mass is 32.2. The molecule has 1 aromatic rings. The molecule has 1 fully saturated rings. The van der Waals surface area contributed by atoms with E-state index in [1.54, 1.807) is 0 Å². The number of aromatic nitrogens is 2. The Morgan fingerprint density at radius 1 is 1.40 bits per heavy atom. The SMILES string of the molecule is CCCn1c(N)c(NCC2CCSCC2)c(=O)[nH]c1=O. The zero-order chi connectivity index (χ0) is 14.5. The van der Waals surface area contributed by atoms with E-state index in [9.17, 15) is 9.59 Å². The first-order chi connectivity index (χ1) is 9.63. The molecule has 1 aliphatic rings. The van der Waals surface area contributed by atoms with Gasteiger partial charge in [0.05, 0.1) is 0 Å². The number of hydrogen-bond donors (Lipinski definition) is 3. The van der Waals surface area contributed by atoms with E-state index in [0.717, 1.165) is 25.8 Å². The van der Waals surface area contributed by atoms with Crippen LogP contribution in [-0.2, 0) is 6.54 Å². The molecule has 0 radical (unpaired) electrons. The first kappa shape index (κ1) is 15.0. The molecule has 0 atom stereocenters. The number of thioether (sulfide) groups is 1. The van der Waals surface area contributed by atoms with E-state index in [4.69, 9.17) is 5.73 Å². The first-order valence-corrected chi connectivity index (χ1v) is 8.23. The van der Waals surface area contributed by atoms with Crippen molar-refractivity contribution in [2.45, 2.75) is 32.7 Å². The minimum Gasteiger partial charge on any atom is -0.383 e. The van der Waals surface area contributed by atoms with Crippen LogP contribution in [0.4, 0.5) is 11.5 Å². The third-order valence-corrected chi connectivity index (χ3v) is 4.64. The molecule has 0 aromatic carbocycles. The maximum Gasteiger partial charge on any atom is 0.330 e. The molecule has 7 heteroatoms. The van der Waals surface area contributed by atoms with Crippen molar-refractivity contribution >= 4 is 23.3 Å². The predicted octanol–water partition coefficient (Wildman–Crippen LogP) is 1.08. The number of anilines is 2. The van der Waals surface area contributed by atoms with E-state index in [1.165, 1.54) is 16.1 Å². The van der Waals surface area contributed by atoms with Gasteiger partial charge in [0.25, 0.3) is 5.56 Å². The minimum atomic E-state index is -0.436. The Morgan fingerprint density at radius 2 is 2.10 bits per heavy atom. The molecule has 0 spiro atoms. The molecule has 112 valence electrons. The van der Waals surface area contributed by atoms with Crippen LogP contribution in [0.5, 0.6) is 0 Å². The molecule has 20 heavy (non-hydrogen) atoms. The zero-order valence-corrected chi connectivity index (χ0v) is 12.6. The summed E-state index contributed by atoms with van der Waals surface area (Å²) in [6, 6.07) is 0. The van der Waals surface area contributed by atoms with Crippen LogP contribution in [0, 0.1) is 5.92 Å². The molecule has 0 amide bonds. The van der Waals surface area contributed by atoms with Gasteiger partial charge in [0.1, 0.15) is 11.5 Å². The number of nitrogens with one attached hydrogen (secondary N) is 2. The van der Waals surface area contributed by atoms with Crippen molar-refractivity contribution in [1.29, 1.82) is 0 Å². The molecule has 0 bridgehead atoms. The number of aromatic amines is 1. The Morgan fingerprint density at radius 3 is 2.75 bits per heavy atom. The van der Waals surface area contributed by atoms with Gasteiger partial charge in [0.2, 0.25) is 0 Å². The van der Waals surface area contributed by atoms with Crippen molar-refractivity contribution in [2.24, 2.45) is 5.92 Å². The van der Waals surface area contributed by atoms with Gasteiger partial charge < -0.3 is 11.1 Å². The van der Waals surface area contributed by atoms with Crippen LogP contribution < -0.4 is 22.3 Å². The predicted molar refractivity (Wildman–Crippen MR) is 84.6 cm³/mol. The average molecular weight is 298 g/mol. The lowest BCUT2D eigenvalue weighted by molar-refractivity contribution is 0.515. The topological polar surface area (TPSA) is 92.9 Å². The normalized spacial score (nSPS) is 16.2. The van der Waals surface area contributed by atoms with Crippen molar-refractivity contribution in [3.63, 3.8) is 0 Å². The Labute approximate surface area is 122 Å². The lowest BCUT2D eigenvalue weighted by atomic mass is 10.0. The van der Waals surface area contributed by atoms with Crippen LogP contribution in [0.3, 0.4) is 0 Å². The number of nitrogen functional groups attached to an aromatic ring is 1. The Kier molecular flexibility index (Phi) is 5.17. The highest BCUT2D eigenvalue weighted by Crippen LogP contribution is 2.23. The van der Waals surface area contributed by atoms with Crippen LogP contribution in [0.25, 0.3) is 0 Å². The fraction of sp³-hybridized carbons (Fsp3) is 0.692. The summed E-state index contributed by atoms with van der Waals surface area (Å²) in [7, 11) is 0. The number of rotatable bonds is 5. The summed E-state index contributed by atoms with van der Waals surface area (Å²) in [5.74, 6) is 3.16. The van der Waals surface area contributed by atoms with Crippen LogP contribution in [0.2, 0.25) is 0 Å². The van der Waals surface area contributed by atoms with Gasteiger partial charge in [0, 0.05) is 13.1 Å². The second-order valence-electron chi connectivity index (χ2n) is 5.11. The van der Waals surface area contributed by atoms with E-state index in [1.807, 2.05) is 18.7 Å². The van der Waals surface area contributed by atoms with Gasteiger partial charge in [-0.15, -0.1) is 0 Å². The maximum atomic E-state index is 11.9. The van der Waals surface area contributed by atoms with Crippen molar-refractivity contribution in [3.8, 4) is 0 Å². The molecule has 1 aliphatic heterocycles. The smallest absolute Gasteiger partial charge is 0.330 e. The van der Waals surface area contributed by atoms with Crippen molar-refractivity contribution in [1.82, 2.24) is 9.55 Å². The molecule has 1 aromatic heterocycles. The Bertz CT molecular complexity index is 560. The molecule has 6 nitrogen and oxygen atoms in total. The van der Waals surface area contributed by atoms with Crippen LogP contribution in [0.15, 0.2) is 9.59 Å². The number of nitrogens with zero attached hydrogens (tertiary/aromatic N) is 1. The van der Waals surface area contributed by atoms with Crippen molar-refractivity contribution in [2.75, 3.05) is 29.1 Å². The summed E-state index contributed by atoms with van der Waals surface area (Å²) < 4.78 is 1.42. The van der Waals surface area contributed by atoms with Crippen molar-refractivity contribution < 1.29 is 0 Å². The zero-order valence-electron chi connectivity index (χ0n) is 11.8. The minimum absolute atomic E-state index is 0.241. The molecule has 0 aliphatic carbocycles. The number of H-pyrrole nitrogens is 1. The van der Waals surface area contributed by atoms with E-state index in [2.05, 4.69) is 10.3 Å². The second-order valence-corrected chi connectivity index (χ2v) is 6.33. The fourth-order valence-corrected chi connectivity index (χ4v) is 3.61. The van der Waals surface area contributed by atoms with Crippen LogP contribution in [0.1, 0.15) is 26.2 Å². The molecule has 4 N–H and O–H groups in total. The second kappa shape index (κ2) is 6.88. The molecule has 2 heterocycles. The third kappa shape index (κ3) is 3.39. The first-order valence-electron chi connectivity index (χ1n) is 7.07. The van der Waals surface area contributed by atoms with Gasteiger partial charge in [-0.25, -0.2) is 4.79 Å². The molecule has 2 rings (SSSR count). The molecule has 1 saturated heterocycles. The van der Waals surface area contributed by atoms with Gasteiger partial charge in [-0.1, -0.05) is 6.92 Å². The summed E-state index contributed by atoms with van der Waals surface area (Å²) in [5, 5.41) is 3.14. The summed E-state index contributed by atoms with van der Waals surface area (Å²) >= 11 is 1.97. The van der Waals surface area contributed by atoms with Crippen LogP contribution in [-0.4, -0.2) is 27.6 Å². The largest absolute Gasteiger partial charge is 0.383 e. The highest BCUT2D eigenvalue weighted by Gasteiger charge is 2.16. The summed E-state index contributed by atoms with van der Waals surface area (Å²) in [5.41, 5.74) is 5.43. The van der Waals surface area contributed by atoms with Crippen molar-refractivity contribution in [3.05, 3.63) is 20.8 Å². The summed E-state index contributed by atoms with van der Waals surface area (Å²) in [4.78, 5) is 25.9. The third-order valence-electron chi connectivity index (χ3n) is 3.60. The van der Waals surface area contributed by atoms with E-state index < -0.39 is 11.2 Å². The van der Waals surface area contributed by atoms with Gasteiger partial charge in [-0.3, -0.25) is 14.3 Å². The quantitative estimate of drug-likeness (QED) is 0.756. The van der Waals surface area contributed by atoms with Crippen LogP contribution >= 0.6 is 11.8 Å². The van der Waals surface area contributed by atoms with Gasteiger partial charge in [0.15, 0.2) is 0 Å². The highest BCUT2D eigenvalue weighted by molar-refractivity contribution is 7.99. The van der Waals surface area contributed by atoms with Gasteiger partial charge in [-0.05, 0) is 36.7 Å². The van der Waals surface area contributed by atoms with E-state index in [0.29, 0.717) is 18.2 Å². The maximum absolute atomic E-state index is 11.9. The van der Waals surface area contributed by atoms with Gasteiger partial charge >= 0.3 is 5.69 Å². The van der Waals surface area contributed by atoms with E-state index in [-0.39, 0.29) is 5.82 Å². The number of nitrogens with two attached hydrogens (primary N) is 1. The average Bonchev–Trinajstić information content (AvgIpc) is 2.44. The Balaban J connectivity index is 2.16. The molecular formula is C13H22N4O2S. The molecule has 0 unspecified atom stereocenters. The molecule has 0 saturated carbocycles. The lowest BCUT2D eigenvalue weighted by Crippen LogP contribution is -2.35. The standard InChI is InChI=1S/C13H22N4O2S/c1-2-5-17-11(14)10(12(18)16-13(17)19)15-8-9-3-6-20-7-4-9/h9,15H,2-8,14H2,1H3,(H,16,18,19). The Hall–Kier alpha value is -1.37.